The highest BCUT2D eigenvalue weighted by molar-refractivity contribution is 5.91. The third-order valence-corrected chi connectivity index (χ3v) is 3.26. The second kappa shape index (κ2) is 8.22. The molecule has 0 fully saturated rings. The maximum atomic E-state index is 11.6. The van der Waals surface area contributed by atoms with Crippen LogP contribution in [-0.4, -0.2) is 15.7 Å². The van der Waals surface area contributed by atoms with Crippen molar-refractivity contribution in [1.29, 1.82) is 0 Å². The summed E-state index contributed by atoms with van der Waals surface area (Å²) in [7, 11) is 0. The van der Waals surface area contributed by atoms with E-state index in [1.165, 1.54) is 0 Å². The van der Waals surface area contributed by atoms with E-state index >= 15 is 0 Å². The normalized spacial score (nSPS) is 10.5. The highest BCUT2D eigenvalue weighted by Gasteiger charge is 2.02. The zero-order chi connectivity index (χ0) is 15.8. The van der Waals surface area contributed by atoms with Crippen LogP contribution in [0.2, 0.25) is 0 Å². The summed E-state index contributed by atoms with van der Waals surface area (Å²) in [6.45, 7) is 5.79. The Labute approximate surface area is 131 Å². The van der Waals surface area contributed by atoms with Crippen LogP contribution < -0.4 is 10.6 Å². The number of hydrogen-bond donors (Lipinski definition) is 2. The summed E-state index contributed by atoms with van der Waals surface area (Å²) in [4.78, 5) is 11.6. The molecule has 1 aromatic heterocycles. The van der Waals surface area contributed by atoms with Crippen LogP contribution in [0.4, 0.5) is 11.4 Å². The van der Waals surface area contributed by atoms with E-state index in [-0.39, 0.29) is 5.91 Å². The number of nitrogens with zero attached hydrogens (tertiary/aromatic N) is 2. The zero-order valence-electron chi connectivity index (χ0n) is 13.3. The quantitative estimate of drug-likeness (QED) is 0.782. The van der Waals surface area contributed by atoms with Gasteiger partial charge >= 0.3 is 0 Å². The number of carbonyl (C=O) groups excluding carboxylic acids is 1. The molecule has 2 aromatic rings. The Morgan fingerprint density at radius 1 is 1.23 bits per heavy atom. The second-order valence-electron chi connectivity index (χ2n) is 5.34. The van der Waals surface area contributed by atoms with Crippen LogP contribution >= 0.6 is 0 Å². The van der Waals surface area contributed by atoms with Gasteiger partial charge in [0.05, 0.1) is 6.20 Å². The van der Waals surface area contributed by atoms with Gasteiger partial charge in [-0.1, -0.05) is 19.9 Å². The number of hydrogen-bond acceptors (Lipinski definition) is 3. The number of aryl methyl sites for hydroxylation is 1. The first-order chi connectivity index (χ1) is 10.7. The van der Waals surface area contributed by atoms with E-state index in [1.807, 2.05) is 42.1 Å². The summed E-state index contributed by atoms with van der Waals surface area (Å²) in [5.74, 6) is 0.0560. The third-order valence-electron chi connectivity index (χ3n) is 3.26. The van der Waals surface area contributed by atoms with Gasteiger partial charge in [0, 0.05) is 42.6 Å². The summed E-state index contributed by atoms with van der Waals surface area (Å²) in [6.07, 6.45) is 6.42. The number of anilines is 2. The minimum atomic E-state index is 0.0560. The molecule has 0 spiro atoms. The molecule has 0 unspecified atom stereocenters. The molecule has 0 radical (unpaired) electrons. The van der Waals surface area contributed by atoms with Crippen molar-refractivity contribution in [1.82, 2.24) is 9.78 Å². The van der Waals surface area contributed by atoms with E-state index in [1.54, 1.807) is 0 Å². The maximum absolute atomic E-state index is 11.6. The fourth-order valence-corrected chi connectivity index (χ4v) is 2.21. The number of benzene rings is 1. The van der Waals surface area contributed by atoms with Crippen molar-refractivity contribution >= 4 is 17.3 Å². The van der Waals surface area contributed by atoms with Crippen LogP contribution in [0.15, 0.2) is 36.7 Å². The molecule has 0 bridgehead atoms. The Morgan fingerprint density at radius 2 is 2.05 bits per heavy atom. The van der Waals surface area contributed by atoms with Crippen molar-refractivity contribution in [3.8, 4) is 0 Å². The van der Waals surface area contributed by atoms with Gasteiger partial charge < -0.3 is 10.6 Å². The van der Waals surface area contributed by atoms with Crippen LogP contribution in [0.1, 0.15) is 38.7 Å². The average molecular weight is 300 g/mol. The van der Waals surface area contributed by atoms with Gasteiger partial charge in [0.15, 0.2) is 0 Å². The van der Waals surface area contributed by atoms with Crippen molar-refractivity contribution in [2.45, 2.75) is 46.2 Å². The molecule has 0 aliphatic rings. The fraction of sp³-hybridized carbons (Fsp3) is 0.412. The predicted molar refractivity (Wildman–Crippen MR) is 89.8 cm³/mol. The number of nitrogens with one attached hydrogen (secondary N) is 2. The summed E-state index contributed by atoms with van der Waals surface area (Å²) in [6, 6.07) is 7.78. The van der Waals surface area contributed by atoms with Crippen LogP contribution in [-0.2, 0) is 17.9 Å². The van der Waals surface area contributed by atoms with Gasteiger partial charge in [-0.25, -0.2) is 0 Å². The molecule has 1 amide bonds. The Hall–Kier alpha value is -2.30. The van der Waals surface area contributed by atoms with Crippen molar-refractivity contribution in [3.63, 3.8) is 0 Å². The highest BCUT2D eigenvalue weighted by atomic mass is 16.1. The molecular weight excluding hydrogens is 276 g/mol. The molecule has 0 aliphatic heterocycles. The zero-order valence-corrected chi connectivity index (χ0v) is 13.3. The molecule has 5 nitrogen and oxygen atoms in total. The minimum Gasteiger partial charge on any atom is -0.381 e. The molecule has 2 N–H and O–H groups in total. The smallest absolute Gasteiger partial charge is 0.224 e. The summed E-state index contributed by atoms with van der Waals surface area (Å²) in [5.41, 5.74) is 2.96. The lowest BCUT2D eigenvalue weighted by Crippen LogP contribution is -2.10. The van der Waals surface area contributed by atoms with E-state index in [0.29, 0.717) is 6.42 Å². The lowest BCUT2D eigenvalue weighted by atomic mass is 10.2. The maximum Gasteiger partial charge on any atom is 0.224 e. The molecule has 1 aromatic carbocycles. The summed E-state index contributed by atoms with van der Waals surface area (Å²) < 4.78 is 1.96. The van der Waals surface area contributed by atoms with E-state index in [0.717, 1.165) is 42.9 Å². The van der Waals surface area contributed by atoms with Crippen molar-refractivity contribution < 1.29 is 4.79 Å². The summed E-state index contributed by atoms with van der Waals surface area (Å²) in [5, 5.41) is 10.6. The van der Waals surface area contributed by atoms with Crippen molar-refractivity contribution in [2.24, 2.45) is 0 Å². The van der Waals surface area contributed by atoms with Gasteiger partial charge in [0.2, 0.25) is 5.91 Å². The number of aromatic nitrogens is 2. The molecule has 0 aliphatic carbocycles. The van der Waals surface area contributed by atoms with Crippen LogP contribution in [0.25, 0.3) is 0 Å². The monoisotopic (exact) mass is 300 g/mol. The van der Waals surface area contributed by atoms with E-state index in [4.69, 9.17) is 0 Å². The van der Waals surface area contributed by atoms with E-state index < -0.39 is 0 Å². The highest BCUT2D eigenvalue weighted by Crippen LogP contribution is 2.16. The first kappa shape index (κ1) is 16.1. The molecular formula is C17H24N4O. The third kappa shape index (κ3) is 4.91. The standard InChI is InChI=1S/C17H24N4O/c1-3-6-17(22)20-16-8-5-7-15(10-16)18-11-14-12-19-21(13-14)9-4-2/h5,7-8,10,12-13,18H,3-4,6,9,11H2,1-2H3,(H,20,22). The van der Waals surface area contributed by atoms with E-state index in [9.17, 15) is 4.79 Å². The predicted octanol–water partition coefficient (Wildman–Crippen LogP) is 3.64. The molecule has 0 atom stereocenters. The van der Waals surface area contributed by atoms with Crippen molar-refractivity contribution in [2.75, 3.05) is 10.6 Å². The van der Waals surface area contributed by atoms with Gasteiger partial charge in [-0.15, -0.1) is 0 Å². The molecule has 118 valence electrons. The summed E-state index contributed by atoms with van der Waals surface area (Å²) >= 11 is 0. The number of carbonyl (C=O) groups is 1. The molecule has 1 heterocycles. The molecule has 0 saturated heterocycles. The molecule has 5 heteroatoms. The SMILES string of the molecule is CCCC(=O)Nc1cccc(NCc2cnn(CCC)c2)c1. The van der Waals surface area contributed by atoms with Crippen LogP contribution in [0.3, 0.4) is 0 Å². The fourth-order valence-electron chi connectivity index (χ4n) is 2.21. The van der Waals surface area contributed by atoms with Gasteiger partial charge in [0.1, 0.15) is 0 Å². The first-order valence-electron chi connectivity index (χ1n) is 7.86. The lowest BCUT2D eigenvalue weighted by Gasteiger charge is -2.08. The molecule has 0 saturated carbocycles. The van der Waals surface area contributed by atoms with Gasteiger partial charge in [0.25, 0.3) is 0 Å². The van der Waals surface area contributed by atoms with E-state index in [2.05, 4.69) is 28.9 Å². The van der Waals surface area contributed by atoms with Crippen LogP contribution in [0, 0.1) is 0 Å². The topological polar surface area (TPSA) is 59.0 Å². The Morgan fingerprint density at radius 3 is 2.82 bits per heavy atom. The Kier molecular flexibility index (Phi) is 6.01. The lowest BCUT2D eigenvalue weighted by molar-refractivity contribution is -0.116. The Balaban J connectivity index is 1.90. The number of amides is 1. The van der Waals surface area contributed by atoms with Crippen molar-refractivity contribution in [3.05, 3.63) is 42.2 Å². The average Bonchev–Trinajstić information content (AvgIpc) is 2.94. The first-order valence-corrected chi connectivity index (χ1v) is 7.86. The minimum absolute atomic E-state index is 0.0560. The van der Waals surface area contributed by atoms with Crippen LogP contribution in [0.5, 0.6) is 0 Å². The largest absolute Gasteiger partial charge is 0.381 e. The van der Waals surface area contributed by atoms with Gasteiger partial charge in [-0.2, -0.15) is 5.10 Å². The Bertz CT molecular complexity index is 606. The number of rotatable bonds is 8. The second-order valence-corrected chi connectivity index (χ2v) is 5.34. The van der Waals surface area contributed by atoms with Gasteiger partial charge in [-0.05, 0) is 31.0 Å². The molecule has 2 rings (SSSR count). The van der Waals surface area contributed by atoms with Gasteiger partial charge in [-0.3, -0.25) is 9.48 Å². The molecule has 22 heavy (non-hydrogen) atoms.